The lowest BCUT2D eigenvalue weighted by atomic mass is 10.2. The first-order valence-electron chi connectivity index (χ1n) is 5.74. The Balaban J connectivity index is 2.38. The summed E-state index contributed by atoms with van der Waals surface area (Å²) in [5.41, 5.74) is 0.592. The topological polar surface area (TPSA) is 76.0 Å². The molecule has 7 heteroatoms. The molecular formula is C11H17ClN4O2. The molecule has 0 aliphatic heterocycles. The van der Waals surface area contributed by atoms with Gasteiger partial charge >= 0.3 is 0 Å². The molecule has 0 bridgehead atoms. The lowest BCUT2D eigenvalue weighted by Crippen LogP contribution is -2.23. The lowest BCUT2D eigenvalue weighted by molar-refractivity contribution is -0.121. The largest absolute Gasteiger partial charge is 0.358 e. The maximum Gasteiger partial charge on any atom is 0.241 e. The highest BCUT2D eigenvalue weighted by molar-refractivity contribution is 6.17. The average Bonchev–Trinajstić information content (AvgIpc) is 2.76. The van der Waals surface area contributed by atoms with Gasteiger partial charge < -0.3 is 10.6 Å². The first-order valence-corrected chi connectivity index (χ1v) is 6.28. The number of aromatic nitrogens is 2. The number of nitrogens with zero attached hydrogens (tertiary/aromatic N) is 2. The van der Waals surface area contributed by atoms with Gasteiger partial charge in [0.2, 0.25) is 11.8 Å². The van der Waals surface area contributed by atoms with Crippen molar-refractivity contribution in [3.05, 3.63) is 12.4 Å². The number of alkyl halides is 1. The molecule has 1 aromatic rings. The molecule has 1 rings (SSSR count). The van der Waals surface area contributed by atoms with Crippen molar-refractivity contribution in [3.63, 3.8) is 0 Å². The third kappa shape index (κ3) is 5.18. The summed E-state index contributed by atoms with van der Waals surface area (Å²) in [5.74, 6) is 0.356. The van der Waals surface area contributed by atoms with E-state index < -0.39 is 0 Å². The van der Waals surface area contributed by atoms with Crippen LogP contribution in [0.25, 0.3) is 0 Å². The number of carbonyl (C=O) groups is 2. The van der Waals surface area contributed by atoms with Crippen LogP contribution in [0.4, 0.5) is 5.69 Å². The third-order valence-electron chi connectivity index (χ3n) is 2.29. The zero-order valence-electron chi connectivity index (χ0n) is 10.3. The molecule has 2 N–H and O–H groups in total. The van der Waals surface area contributed by atoms with E-state index in [1.807, 2.05) is 0 Å². The number of unbranched alkanes of at least 4 members (excludes halogenated alkanes) is 1. The number of carbonyl (C=O) groups excluding carboxylic acids is 2. The van der Waals surface area contributed by atoms with Gasteiger partial charge in [0.05, 0.1) is 11.9 Å². The van der Waals surface area contributed by atoms with Gasteiger partial charge in [0, 0.05) is 25.5 Å². The van der Waals surface area contributed by atoms with Gasteiger partial charge in [0.25, 0.3) is 0 Å². The van der Waals surface area contributed by atoms with Crippen LogP contribution in [0, 0.1) is 0 Å². The van der Waals surface area contributed by atoms with E-state index in [9.17, 15) is 9.59 Å². The van der Waals surface area contributed by atoms with Gasteiger partial charge in [-0.2, -0.15) is 5.10 Å². The van der Waals surface area contributed by atoms with Crippen LogP contribution < -0.4 is 10.6 Å². The summed E-state index contributed by atoms with van der Waals surface area (Å²) in [5, 5.41) is 9.19. The first-order chi connectivity index (χ1) is 8.65. The molecule has 0 unspecified atom stereocenters. The molecule has 1 heterocycles. The van der Waals surface area contributed by atoms with E-state index in [1.54, 1.807) is 13.2 Å². The maximum atomic E-state index is 11.5. The van der Waals surface area contributed by atoms with E-state index >= 15 is 0 Å². The fraction of sp³-hybridized carbons (Fsp3) is 0.545. The highest BCUT2D eigenvalue weighted by atomic mass is 35.5. The van der Waals surface area contributed by atoms with E-state index in [0.29, 0.717) is 18.0 Å². The second-order valence-electron chi connectivity index (χ2n) is 3.79. The number of likely N-dealkylation sites (N-methyl/N-ethyl adjacent to an activating group) is 1. The van der Waals surface area contributed by atoms with Crippen molar-refractivity contribution < 1.29 is 9.59 Å². The van der Waals surface area contributed by atoms with Crippen LogP contribution in [0.2, 0.25) is 0 Å². The van der Waals surface area contributed by atoms with Crippen LogP contribution in [-0.2, 0) is 16.1 Å². The number of nitrogens with one attached hydrogen (secondary N) is 2. The Morgan fingerprint density at radius 3 is 2.83 bits per heavy atom. The fourth-order valence-corrected chi connectivity index (χ4v) is 1.53. The summed E-state index contributed by atoms with van der Waals surface area (Å²) in [4.78, 5) is 22.6. The number of halogens is 1. The summed E-state index contributed by atoms with van der Waals surface area (Å²) in [7, 11) is 1.56. The van der Waals surface area contributed by atoms with Crippen LogP contribution in [0.5, 0.6) is 0 Å². The fourth-order valence-electron chi connectivity index (χ4n) is 1.34. The number of anilines is 1. The Morgan fingerprint density at radius 1 is 1.39 bits per heavy atom. The highest BCUT2D eigenvalue weighted by Gasteiger charge is 2.06. The number of rotatable bonds is 7. The Labute approximate surface area is 111 Å². The monoisotopic (exact) mass is 272 g/mol. The minimum Gasteiger partial charge on any atom is -0.358 e. The summed E-state index contributed by atoms with van der Waals surface area (Å²) < 4.78 is 1.47. The molecule has 6 nitrogen and oxygen atoms in total. The van der Waals surface area contributed by atoms with E-state index in [1.165, 1.54) is 10.9 Å². The van der Waals surface area contributed by atoms with E-state index in [-0.39, 0.29) is 18.4 Å². The van der Waals surface area contributed by atoms with Crippen molar-refractivity contribution in [2.24, 2.45) is 0 Å². The molecule has 0 aromatic carbocycles. The molecule has 0 radical (unpaired) electrons. The zero-order valence-corrected chi connectivity index (χ0v) is 11.0. The molecule has 1 aromatic heterocycles. The minimum atomic E-state index is -0.141. The van der Waals surface area contributed by atoms with Crippen LogP contribution >= 0.6 is 11.6 Å². The Morgan fingerprint density at radius 2 is 2.17 bits per heavy atom. The molecule has 0 aliphatic carbocycles. The molecule has 0 saturated carbocycles. The van der Waals surface area contributed by atoms with Crippen LogP contribution in [0.3, 0.4) is 0 Å². The summed E-state index contributed by atoms with van der Waals surface area (Å²) in [6.07, 6.45) is 5.16. The Bertz CT molecular complexity index is 406. The highest BCUT2D eigenvalue weighted by Crippen LogP contribution is 2.06. The summed E-state index contributed by atoms with van der Waals surface area (Å²) in [6, 6.07) is 0. The van der Waals surface area contributed by atoms with Gasteiger partial charge in [-0.1, -0.05) is 0 Å². The zero-order chi connectivity index (χ0) is 13.4. The number of amides is 2. The van der Waals surface area contributed by atoms with E-state index in [4.69, 9.17) is 11.6 Å². The smallest absolute Gasteiger partial charge is 0.241 e. The quantitative estimate of drug-likeness (QED) is 0.574. The third-order valence-corrected chi connectivity index (χ3v) is 2.56. The second-order valence-corrected chi connectivity index (χ2v) is 4.17. The van der Waals surface area contributed by atoms with Crippen molar-refractivity contribution in [2.45, 2.75) is 25.8 Å². The SMILES string of the molecule is CNC(=O)Cn1cc(NC(=O)CCCCCl)cn1. The molecule has 0 saturated heterocycles. The Kier molecular flexibility index (Phi) is 6.21. The molecule has 2 amide bonds. The van der Waals surface area contributed by atoms with Crippen molar-refractivity contribution in [1.29, 1.82) is 0 Å². The lowest BCUT2D eigenvalue weighted by Gasteiger charge is -2.01. The van der Waals surface area contributed by atoms with Gasteiger partial charge in [-0.3, -0.25) is 14.3 Å². The maximum absolute atomic E-state index is 11.5. The molecule has 0 spiro atoms. The predicted octanol–water partition coefficient (Wildman–Crippen LogP) is 0.977. The van der Waals surface area contributed by atoms with Crippen molar-refractivity contribution >= 4 is 29.1 Å². The molecule has 0 atom stereocenters. The van der Waals surface area contributed by atoms with E-state index in [2.05, 4.69) is 15.7 Å². The standard InChI is InChI=1S/C11H17ClN4O2/c1-13-11(18)8-16-7-9(6-14-16)15-10(17)4-2-3-5-12/h6-7H,2-5,8H2,1H3,(H,13,18)(H,15,17). The van der Waals surface area contributed by atoms with E-state index in [0.717, 1.165) is 12.8 Å². The Hall–Kier alpha value is -1.56. The van der Waals surface area contributed by atoms with Gasteiger partial charge in [0.15, 0.2) is 0 Å². The number of hydrogen-bond donors (Lipinski definition) is 2. The number of hydrogen-bond acceptors (Lipinski definition) is 3. The van der Waals surface area contributed by atoms with Crippen LogP contribution in [0.15, 0.2) is 12.4 Å². The first kappa shape index (κ1) is 14.5. The molecular weight excluding hydrogens is 256 g/mol. The van der Waals surface area contributed by atoms with Crippen LogP contribution in [-0.4, -0.2) is 34.5 Å². The summed E-state index contributed by atoms with van der Waals surface area (Å²) in [6.45, 7) is 0.138. The van der Waals surface area contributed by atoms with Crippen molar-refractivity contribution in [1.82, 2.24) is 15.1 Å². The van der Waals surface area contributed by atoms with Crippen molar-refractivity contribution in [2.75, 3.05) is 18.2 Å². The minimum absolute atomic E-state index is 0.0698. The normalized spacial score (nSPS) is 10.1. The van der Waals surface area contributed by atoms with Gasteiger partial charge in [-0.15, -0.1) is 11.6 Å². The van der Waals surface area contributed by atoms with Crippen LogP contribution in [0.1, 0.15) is 19.3 Å². The average molecular weight is 273 g/mol. The predicted molar refractivity (Wildman–Crippen MR) is 69.5 cm³/mol. The molecule has 0 aliphatic rings. The molecule has 18 heavy (non-hydrogen) atoms. The van der Waals surface area contributed by atoms with Gasteiger partial charge in [-0.05, 0) is 12.8 Å². The molecule has 100 valence electrons. The van der Waals surface area contributed by atoms with Gasteiger partial charge in [-0.25, -0.2) is 0 Å². The van der Waals surface area contributed by atoms with Crippen molar-refractivity contribution in [3.8, 4) is 0 Å². The van der Waals surface area contributed by atoms with Gasteiger partial charge in [0.1, 0.15) is 6.54 Å². The molecule has 0 fully saturated rings. The summed E-state index contributed by atoms with van der Waals surface area (Å²) >= 11 is 5.53. The second kappa shape index (κ2) is 7.71.